The van der Waals surface area contributed by atoms with Gasteiger partial charge in [0.05, 0.1) is 0 Å². The highest BCUT2D eigenvalue weighted by atomic mass is 14.6. The summed E-state index contributed by atoms with van der Waals surface area (Å²) in [5.41, 5.74) is 16.0. The number of aryl methyl sites for hydroxylation is 1. The highest BCUT2D eigenvalue weighted by Gasteiger charge is 2.16. The molecule has 0 aliphatic carbocycles. The average Bonchev–Trinajstić information content (AvgIpc) is 2.96. The molecule has 1 unspecified atom stereocenters. The maximum Gasteiger partial charge on any atom is 0.0261 e. The van der Waals surface area contributed by atoms with Gasteiger partial charge in [0, 0.05) is 6.04 Å². The van der Waals surface area contributed by atoms with Crippen LogP contribution >= 0.6 is 0 Å². The SMILES string of the molecule is C=CCC(N)/C=C(\C)C/C=C\c1cc(-c2c3ccccc3c(-c3ccc(C)cc3)c3ccccc23)ccc1C=C. The Kier molecular flexibility index (Phi) is 8.24. The number of allylic oxidation sites excluding steroid dienone is 2. The van der Waals surface area contributed by atoms with Gasteiger partial charge in [0.15, 0.2) is 0 Å². The lowest BCUT2D eigenvalue weighted by Crippen LogP contribution is -2.15. The van der Waals surface area contributed by atoms with Crippen molar-refractivity contribution in [3.8, 4) is 22.3 Å². The summed E-state index contributed by atoms with van der Waals surface area (Å²) < 4.78 is 0. The van der Waals surface area contributed by atoms with E-state index in [1.165, 1.54) is 54.9 Å². The summed E-state index contributed by atoms with van der Waals surface area (Å²) in [4.78, 5) is 0. The van der Waals surface area contributed by atoms with Crippen LogP contribution in [0.4, 0.5) is 0 Å². The molecule has 0 saturated heterocycles. The summed E-state index contributed by atoms with van der Waals surface area (Å²) in [7, 11) is 0. The van der Waals surface area contributed by atoms with E-state index in [1.807, 2.05) is 12.2 Å². The van der Waals surface area contributed by atoms with Crippen LogP contribution in [0.2, 0.25) is 0 Å². The van der Waals surface area contributed by atoms with Gasteiger partial charge in [-0.1, -0.05) is 133 Å². The van der Waals surface area contributed by atoms with E-state index in [0.717, 1.165) is 24.0 Å². The van der Waals surface area contributed by atoms with Crippen LogP contribution in [0.3, 0.4) is 0 Å². The second-order valence-electron chi connectivity index (χ2n) is 10.6. The third-order valence-corrected chi connectivity index (χ3v) is 7.54. The number of nitrogens with two attached hydrogens (primary N) is 1. The summed E-state index contributed by atoms with van der Waals surface area (Å²) in [5, 5.41) is 5.05. The van der Waals surface area contributed by atoms with Gasteiger partial charge in [0.25, 0.3) is 0 Å². The van der Waals surface area contributed by atoms with Gasteiger partial charge >= 0.3 is 0 Å². The Labute approximate surface area is 238 Å². The molecule has 2 N–H and O–H groups in total. The summed E-state index contributed by atoms with van der Waals surface area (Å²) in [5.74, 6) is 0. The molecule has 1 heteroatoms. The maximum atomic E-state index is 6.16. The molecule has 1 nitrogen and oxygen atoms in total. The molecule has 5 rings (SSSR count). The molecule has 198 valence electrons. The van der Waals surface area contributed by atoms with E-state index >= 15 is 0 Å². The third-order valence-electron chi connectivity index (χ3n) is 7.54. The fraction of sp³-hybridized carbons (Fsp3) is 0.128. The van der Waals surface area contributed by atoms with Crippen molar-refractivity contribution >= 4 is 33.7 Å². The Morgan fingerprint density at radius 3 is 1.85 bits per heavy atom. The maximum absolute atomic E-state index is 6.16. The van der Waals surface area contributed by atoms with Gasteiger partial charge < -0.3 is 5.73 Å². The first-order chi connectivity index (χ1) is 19.5. The van der Waals surface area contributed by atoms with Crippen LogP contribution in [-0.4, -0.2) is 6.04 Å². The van der Waals surface area contributed by atoms with Gasteiger partial charge in [-0.05, 0) is 87.7 Å². The van der Waals surface area contributed by atoms with Crippen molar-refractivity contribution in [3.63, 3.8) is 0 Å². The highest BCUT2D eigenvalue weighted by molar-refractivity contribution is 6.21. The Hall–Kier alpha value is -4.46. The second kappa shape index (κ2) is 12.2. The lowest BCUT2D eigenvalue weighted by atomic mass is 9.85. The molecule has 0 fully saturated rings. The number of hydrogen-bond acceptors (Lipinski definition) is 1. The van der Waals surface area contributed by atoms with Gasteiger partial charge in [-0.3, -0.25) is 0 Å². The minimum Gasteiger partial charge on any atom is -0.324 e. The summed E-state index contributed by atoms with van der Waals surface area (Å²) >= 11 is 0. The predicted octanol–water partition coefficient (Wildman–Crippen LogP) is 10.5. The van der Waals surface area contributed by atoms with E-state index in [1.54, 1.807) is 0 Å². The van der Waals surface area contributed by atoms with Crippen LogP contribution in [0, 0.1) is 6.92 Å². The molecule has 0 heterocycles. The first-order valence-corrected chi connectivity index (χ1v) is 14.0. The van der Waals surface area contributed by atoms with Crippen molar-refractivity contribution in [2.24, 2.45) is 5.73 Å². The molecule has 0 radical (unpaired) electrons. The molecule has 0 spiro atoms. The molecule has 0 bridgehead atoms. The molecule has 5 aromatic rings. The molecular weight excluding hydrogens is 482 g/mol. The second-order valence-corrected chi connectivity index (χ2v) is 10.6. The van der Waals surface area contributed by atoms with E-state index in [4.69, 9.17) is 5.73 Å². The van der Waals surface area contributed by atoms with Crippen LogP contribution in [0.25, 0.3) is 56.0 Å². The third kappa shape index (κ3) is 5.61. The van der Waals surface area contributed by atoms with Crippen molar-refractivity contribution in [3.05, 3.63) is 145 Å². The Balaban J connectivity index is 1.66. The largest absolute Gasteiger partial charge is 0.324 e. The number of fused-ring (bicyclic) bond motifs is 2. The standard InChI is InChI=1S/C39H37N/c1-5-12-33(40)25-28(4)13-11-14-31-26-32(24-23-29(31)6-2)39-36-17-9-7-15-34(36)38(30-21-19-27(3)20-22-30)35-16-8-10-18-37(35)39/h5-11,14-26,33H,1-2,12-13,40H2,3-4H3/b14-11-,28-25+. The van der Waals surface area contributed by atoms with E-state index < -0.39 is 0 Å². The summed E-state index contributed by atoms with van der Waals surface area (Å²) in [6.07, 6.45) is 12.0. The van der Waals surface area contributed by atoms with E-state index in [9.17, 15) is 0 Å². The molecule has 0 amide bonds. The molecule has 1 atom stereocenters. The molecule has 0 aliphatic rings. The van der Waals surface area contributed by atoms with Crippen molar-refractivity contribution in [1.29, 1.82) is 0 Å². The van der Waals surface area contributed by atoms with Gasteiger partial charge in [-0.25, -0.2) is 0 Å². The van der Waals surface area contributed by atoms with Crippen molar-refractivity contribution in [1.82, 2.24) is 0 Å². The minimum absolute atomic E-state index is 0.0161. The van der Waals surface area contributed by atoms with Gasteiger partial charge in [-0.15, -0.1) is 6.58 Å². The molecule has 0 aliphatic heterocycles. The Morgan fingerprint density at radius 1 is 0.750 bits per heavy atom. The zero-order valence-electron chi connectivity index (χ0n) is 23.5. The zero-order chi connectivity index (χ0) is 28.1. The average molecular weight is 520 g/mol. The van der Waals surface area contributed by atoms with Crippen molar-refractivity contribution in [2.75, 3.05) is 0 Å². The number of benzene rings is 5. The quantitative estimate of drug-likeness (QED) is 0.152. The minimum atomic E-state index is 0.0161. The van der Waals surface area contributed by atoms with Crippen LogP contribution in [0.1, 0.15) is 36.5 Å². The topological polar surface area (TPSA) is 26.0 Å². The molecule has 0 aromatic heterocycles. The highest BCUT2D eigenvalue weighted by Crippen LogP contribution is 2.44. The zero-order valence-corrected chi connectivity index (χ0v) is 23.5. The normalized spacial score (nSPS) is 12.7. The molecule has 40 heavy (non-hydrogen) atoms. The Morgan fingerprint density at radius 2 is 1.30 bits per heavy atom. The van der Waals surface area contributed by atoms with Crippen LogP contribution in [0.5, 0.6) is 0 Å². The lowest BCUT2D eigenvalue weighted by molar-refractivity contribution is 0.824. The predicted molar refractivity (Wildman–Crippen MR) is 177 cm³/mol. The fourth-order valence-electron chi connectivity index (χ4n) is 5.60. The molecular formula is C39H37N. The summed E-state index contributed by atoms with van der Waals surface area (Å²) in [6, 6.07) is 33.2. The van der Waals surface area contributed by atoms with Crippen molar-refractivity contribution in [2.45, 2.75) is 32.7 Å². The fourth-order valence-corrected chi connectivity index (χ4v) is 5.60. The monoisotopic (exact) mass is 519 g/mol. The summed E-state index contributed by atoms with van der Waals surface area (Å²) in [6.45, 7) is 12.1. The van der Waals surface area contributed by atoms with E-state index in [2.05, 4.69) is 136 Å². The first-order valence-electron chi connectivity index (χ1n) is 14.0. The van der Waals surface area contributed by atoms with Crippen LogP contribution in [-0.2, 0) is 0 Å². The lowest BCUT2D eigenvalue weighted by Gasteiger charge is -2.18. The van der Waals surface area contributed by atoms with E-state index in [-0.39, 0.29) is 6.04 Å². The Bertz CT molecular complexity index is 1690. The van der Waals surface area contributed by atoms with Gasteiger partial charge in [-0.2, -0.15) is 0 Å². The van der Waals surface area contributed by atoms with Crippen molar-refractivity contribution < 1.29 is 0 Å². The van der Waals surface area contributed by atoms with Gasteiger partial charge in [0.1, 0.15) is 0 Å². The first kappa shape index (κ1) is 27.1. The van der Waals surface area contributed by atoms with Crippen LogP contribution in [0.15, 0.2) is 128 Å². The van der Waals surface area contributed by atoms with Crippen LogP contribution < -0.4 is 5.73 Å². The molecule has 5 aromatic carbocycles. The smallest absolute Gasteiger partial charge is 0.0261 e. The van der Waals surface area contributed by atoms with E-state index in [0.29, 0.717) is 0 Å². The number of rotatable bonds is 9. The number of hydrogen-bond donors (Lipinski definition) is 1. The van der Waals surface area contributed by atoms with Gasteiger partial charge in [0.2, 0.25) is 0 Å². The molecule has 0 saturated carbocycles.